The van der Waals surface area contributed by atoms with Crippen LogP contribution in [0.15, 0.2) is 48.8 Å². The Bertz CT molecular complexity index is 1440. The minimum Gasteiger partial charge on any atom is -0.383 e. The summed E-state index contributed by atoms with van der Waals surface area (Å²) in [5.41, 5.74) is 4.33. The van der Waals surface area contributed by atoms with E-state index >= 15 is 0 Å². The van der Waals surface area contributed by atoms with E-state index in [0.717, 1.165) is 42.9 Å². The number of H-pyrrole nitrogens is 1. The molecule has 1 aliphatic heterocycles. The Morgan fingerprint density at radius 1 is 1.10 bits per heavy atom. The van der Waals surface area contributed by atoms with Crippen molar-refractivity contribution in [3.05, 3.63) is 59.6 Å². The molecule has 1 aromatic carbocycles. The van der Waals surface area contributed by atoms with E-state index in [4.69, 9.17) is 21.3 Å². The number of nitrogens with zero attached hydrogens (tertiary/aromatic N) is 5. The van der Waals surface area contributed by atoms with Crippen LogP contribution in [0, 0.1) is 5.82 Å². The highest BCUT2D eigenvalue weighted by Gasteiger charge is 2.34. The highest BCUT2D eigenvalue weighted by atomic mass is 35.5. The van der Waals surface area contributed by atoms with Gasteiger partial charge in [-0.1, -0.05) is 11.6 Å². The van der Waals surface area contributed by atoms with Gasteiger partial charge in [-0.15, -0.1) is 0 Å². The van der Waals surface area contributed by atoms with Gasteiger partial charge in [-0.3, -0.25) is 19.9 Å². The smallest absolute Gasteiger partial charge is 0.132 e. The number of hydrogen-bond donors (Lipinski definition) is 2. The second-order valence-corrected chi connectivity index (χ2v) is 11.1. The molecule has 2 N–H and O–H groups in total. The van der Waals surface area contributed by atoms with Crippen LogP contribution in [0.3, 0.4) is 0 Å². The van der Waals surface area contributed by atoms with Crippen LogP contribution < -0.4 is 5.32 Å². The van der Waals surface area contributed by atoms with Gasteiger partial charge in [0.15, 0.2) is 0 Å². The normalized spacial score (nSPS) is 16.6. The molecule has 0 radical (unpaired) electrons. The fourth-order valence-electron chi connectivity index (χ4n) is 5.26. The van der Waals surface area contributed by atoms with E-state index in [-0.39, 0.29) is 5.54 Å². The third-order valence-corrected chi connectivity index (χ3v) is 7.81. The molecule has 5 rings (SSSR count). The molecule has 10 heteroatoms. The number of methoxy groups -OCH3 is 1. The number of halogens is 2. The lowest BCUT2D eigenvalue weighted by molar-refractivity contribution is -0.00666. The second-order valence-electron chi connectivity index (χ2n) is 10.6. The highest BCUT2D eigenvalue weighted by Crippen LogP contribution is 2.33. The van der Waals surface area contributed by atoms with E-state index in [1.54, 1.807) is 19.4 Å². The van der Waals surface area contributed by atoms with E-state index in [1.807, 2.05) is 24.4 Å². The zero-order valence-electron chi connectivity index (χ0n) is 22.8. The molecule has 0 bridgehead atoms. The molecule has 1 atom stereocenters. The summed E-state index contributed by atoms with van der Waals surface area (Å²) in [7, 11) is 1.75. The molecule has 1 aliphatic rings. The molecular weight excluding hydrogens is 517 g/mol. The van der Waals surface area contributed by atoms with Gasteiger partial charge in [-0.05, 0) is 57.2 Å². The van der Waals surface area contributed by atoms with E-state index in [0.29, 0.717) is 46.7 Å². The molecule has 0 amide bonds. The quantitative estimate of drug-likeness (QED) is 0.291. The summed E-state index contributed by atoms with van der Waals surface area (Å²) >= 11 is 6.13. The van der Waals surface area contributed by atoms with Crippen molar-refractivity contribution in [1.29, 1.82) is 0 Å². The number of piperazine rings is 1. The zero-order chi connectivity index (χ0) is 27.6. The van der Waals surface area contributed by atoms with Crippen molar-refractivity contribution < 1.29 is 9.13 Å². The molecule has 39 heavy (non-hydrogen) atoms. The minimum absolute atomic E-state index is 0.172. The lowest BCUT2D eigenvalue weighted by Crippen LogP contribution is -2.61. The first-order valence-corrected chi connectivity index (χ1v) is 13.6. The number of benzene rings is 1. The fraction of sp³-hybridized carbons (Fsp3) is 0.414. The summed E-state index contributed by atoms with van der Waals surface area (Å²) in [6, 6.07) is 10.8. The first kappa shape index (κ1) is 27.5. The predicted octanol–water partition coefficient (Wildman–Crippen LogP) is 5.32. The fourth-order valence-corrected chi connectivity index (χ4v) is 5.43. The van der Waals surface area contributed by atoms with Crippen molar-refractivity contribution in [2.45, 2.75) is 32.4 Å². The third kappa shape index (κ3) is 5.91. The Morgan fingerprint density at radius 3 is 2.64 bits per heavy atom. The molecule has 3 aromatic heterocycles. The van der Waals surface area contributed by atoms with Gasteiger partial charge in [0.25, 0.3) is 0 Å². The van der Waals surface area contributed by atoms with Crippen molar-refractivity contribution in [1.82, 2.24) is 30.0 Å². The SMILES string of the molecule is COCC(C)(CNc1cnc2ccc(-c3c[nH]nc3-c3cc(Cl)ccc3F)nc2c1)N1CCN(C(C)C)CC1. The highest BCUT2D eigenvalue weighted by molar-refractivity contribution is 6.30. The topological polar surface area (TPSA) is 82.2 Å². The molecule has 4 aromatic rings. The van der Waals surface area contributed by atoms with Crippen LogP contribution in [0.25, 0.3) is 33.5 Å². The van der Waals surface area contributed by atoms with Crippen molar-refractivity contribution in [2.75, 3.05) is 51.8 Å². The van der Waals surface area contributed by atoms with E-state index in [9.17, 15) is 4.39 Å². The van der Waals surface area contributed by atoms with Crippen LogP contribution in [0.4, 0.5) is 10.1 Å². The zero-order valence-corrected chi connectivity index (χ0v) is 23.6. The Morgan fingerprint density at radius 2 is 1.90 bits per heavy atom. The van der Waals surface area contributed by atoms with Gasteiger partial charge < -0.3 is 10.1 Å². The number of anilines is 1. The molecule has 8 nitrogen and oxygen atoms in total. The number of rotatable bonds is 9. The maximum Gasteiger partial charge on any atom is 0.132 e. The molecule has 206 valence electrons. The van der Waals surface area contributed by atoms with Crippen LogP contribution in [-0.4, -0.2) is 88.0 Å². The van der Waals surface area contributed by atoms with E-state index in [1.165, 1.54) is 12.1 Å². The maximum absolute atomic E-state index is 14.6. The number of hydrogen-bond acceptors (Lipinski definition) is 7. The van der Waals surface area contributed by atoms with Crippen LogP contribution in [0.1, 0.15) is 20.8 Å². The monoisotopic (exact) mass is 551 g/mol. The summed E-state index contributed by atoms with van der Waals surface area (Å²) in [4.78, 5) is 14.5. The molecule has 4 heterocycles. The van der Waals surface area contributed by atoms with E-state index < -0.39 is 5.82 Å². The number of pyridine rings is 2. The van der Waals surface area contributed by atoms with Gasteiger partial charge >= 0.3 is 0 Å². The first-order valence-electron chi connectivity index (χ1n) is 13.3. The van der Waals surface area contributed by atoms with E-state index in [2.05, 4.69) is 51.1 Å². The molecule has 1 unspecified atom stereocenters. The predicted molar refractivity (Wildman–Crippen MR) is 155 cm³/mol. The maximum atomic E-state index is 14.6. The summed E-state index contributed by atoms with van der Waals surface area (Å²) in [6.07, 6.45) is 3.55. The number of nitrogens with one attached hydrogen (secondary N) is 2. The van der Waals surface area contributed by atoms with Gasteiger partial charge in [-0.2, -0.15) is 5.10 Å². The van der Waals surface area contributed by atoms with Crippen molar-refractivity contribution >= 4 is 28.3 Å². The number of aromatic nitrogens is 4. The lowest BCUT2D eigenvalue weighted by atomic mass is 9.99. The molecule has 1 saturated heterocycles. The standard InChI is InChI=1S/C29H35ClFN7O/c1-19(2)37-9-11-38(12-10-37)29(3,18-39-4)17-33-21-14-27-26(32-15-21)8-7-25(35-27)23-16-34-36-28(23)22-13-20(30)5-6-24(22)31/h5-8,13-16,19,33H,9-12,17-18H2,1-4H3,(H,34,36). The number of ether oxygens (including phenoxy) is 1. The average molecular weight is 552 g/mol. The molecule has 0 spiro atoms. The van der Waals surface area contributed by atoms with Crippen molar-refractivity contribution in [3.63, 3.8) is 0 Å². The second kappa shape index (κ2) is 11.6. The van der Waals surface area contributed by atoms with Crippen LogP contribution in [-0.2, 0) is 4.74 Å². The Balaban J connectivity index is 1.37. The molecular formula is C29H35ClFN7O. The van der Waals surface area contributed by atoms with Crippen LogP contribution >= 0.6 is 11.6 Å². The van der Waals surface area contributed by atoms with Crippen LogP contribution in [0.5, 0.6) is 0 Å². The number of aromatic amines is 1. The summed E-state index contributed by atoms with van der Waals surface area (Å²) in [5.74, 6) is -0.397. The van der Waals surface area contributed by atoms with Crippen molar-refractivity contribution in [3.8, 4) is 22.5 Å². The molecule has 1 fully saturated rings. The van der Waals surface area contributed by atoms with Crippen LogP contribution in [0.2, 0.25) is 5.02 Å². The Hall–Kier alpha value is -3.11. The molecule has 0 saturated carbocycles. The van der Waals surface area contributed by atoms with Gasteiger partial charge in [-0.25, -0.2) is 9.37 Å². The van der Waals surface area contributed by atoms with Gasteiger partial charge in [0.05, 0.1) is 40.8 Å². The largest absolute Gasteiger partial charge is 0.383 e. The summed E-state index contributed by atoms with van der Waals surface area (Å²) in [5, 5.41) is 11.1. The summed E-state index contributed by atoms with van der Waals surface area (Å²) in [6.45, 7) is 12.2. The van der Waals surface area contributed by atoms with Gasteiger partial charge in [0.1, 0.15) is 11.5 Å². The lowest BCUT2D eigenvalue weighted by Gasteiger charge is -2.46. The van der Waals surface area contributed by atoms with Gasteiger partial charge in [0, 0.05) is 68.2 Å². The summed E-state index contributed by atoms with van der Waals surface area (Å²) < 4.78 is 20.2. The average Bonchev–Trinajstić information content (AvgIpc) is 3.43. The number of fused-ring (bicyclic) bond motifs is 1. The third-order valence-electron chi connectivity index (χ3n) is 7.57. The Kier molecular flexibility index (Phi) is 8.13. The first-order chi connectivity index (χ1) is 18.8. The minimum atomic E-state index is -0.397. The Labute approximate surface area is 233 Å². The van der Waals surface area contributed by atoms with Crippen molar-refractivity contribution in [2.24, 2.45) is 0 Å². The van der Waals surface area contributed by atoms with Gasteiger partial charge in [0.2, 0.25) is 0 Å². The molecule has 0 aliphatic carbocycles.